The Morgan fingerprint density at radius 3 is 1.37 bits per heavy atom. The summed E-state index contributed by atoms with van der Waals surface area (Å²) in [4.78, 5) is 26.6. The van der Waals surface area contributed by atoms with Gasteiger partial charge in [-0.05, 0) is 96.3 Å². The van der Waals surface area contributed by atoms with Gasteiger partial charge < -0.3 is 45.1 Å². The minimum atomic E-state index is -1.62. The summed E-state index contributed by atoms with van der Waals surface area (Å²) in [6, 6.07) is -1.03. The van der Waals surface area contributed by atoms with E-state index in [2.05, 4.69) is 99.0 Å². The maximum absolute atomic E-state index is 13.5. The minimum absolute atomic E-state index is 0.108. The largest absolute Gasteiger partial charge is 0.454 e. The maximum atomic E-state index is 13.5. The number of ether oxygens (including phenoxy) is 3. The van der Waals surface area contributed by atoms with E-state index in [-0.39, 0.29) is 19.4 Å². The van der Waals surface area contributed by atoms with Crippen LogP contribution in [0.1, 0.15) is 284 Å². The summed E-state index contributed by atoms with van der Waals surface area (Å²) in [6.45, 7) is 5.72. The molecular weight excluding hydrogens is 1010 g/mol. The van der Waals surface area contributed by atoms with E-state index >= 15 is 0 Å². The van der Waals surface area contributed by atoms with Crippen LogP contribution >= 0.6 is 0 Å². The van der Waals surface area contributed by atoms with Gasteiger partial charge in [0.1, 0.15) is 24.4 Å². The molecule has 1 fully saturated rings. The molecule has 1 aliphatic rings. The molecule has 8 atom stereocenters. The van der Waals surface area contributed by atoms with Crippen molar-refractivity contribution in [1.29, 1.82) is 0 Å². The molecule has 81 heavy (non-hydrogen) atoms. The Morgan fingerprint density at radius 1 is 0.494 bits per heavy atom. The Labute approximate surface area is 495 Å². The number of aliphatic hydroxyl groups is 5. The van der Waals surface area contributed by atoms with Crippen LogP contribution in [0.25, 0.3) is 0 Å². The molecule has 0 bridgehead atoms. The zero-order valence-corrected chi connectivity index (χ0v) is 51.9. The first-order valence-electron chi connectivity index (χ1n) is 33.4. The van der Waals surface area contributed by atoms with E-state index < -0.39 is 67.4 Å². The Kier molecular flexibility index (Phi) is 53.6. The second kappa shape index (κ2) is 57.3. The van der Waals surface area contributed by atoms with Crippen LogP contribution < -0.4 is 5.32 Å². The highest BCUT2D eigenvalue weighted by molar-refractivity contribution is 5.80. The molecule has 6 N–H and O–H groups in total. The van der Waals surface area contributed by atoms with Crippen molar-refractivity contribution in [3.8, 4) is 0 Å². The number of hydrogen-bond donors (Lipinski definition) is 6. The van der Waals surface area contributed by atoms with Crippen LogP contribution in [0.2, 0.25) is 0 Å². The SMILES string of the molecule is CCCCC/C=C\C/C=C\C/C=C\C/C=C\CCCCCCCCCCCCC(O)C(=O)NC(COC1OC(CO)C(O)C(O)C1OC(=O)CCCCCCCC/C=C/C=C/CCCCC)C(O)/C=C/CCCCCCCCCCC. The van der Waals surface area contributed by atoms with Gasteiger partial charge in [0, 0.05) is 6.42 Å². The molecule has 0 radical (unpaired) electrons. The fourth-order valence-corrected chi connectivity index (χ4v) is 9.98. The highest BCUT2D eigenvalue weighted by Crippen LogP contribution is 2.26. The zero-order chi connectivity index (χ0) is 58.9. The molecule has 0 aromatic rings. The van der Waals surface area contributed by atoms with Crippen LogP contribution in [-0.2, 0) is 23.8 Å². The van der Waals surface area contributed by atoms with Crippen LogP contribution in [0, 0.1) is 0 Å². The fraction of sp³-hybridized carbons (Fsp3) is 0.771. The van der Waals surface area contributed by atoms with Gasteiger partial charge in [-0.25, -0.2) is 0 Å². The first kappa shape index (κ1) is 75.9. The summed E-state index contributed by atoms with van der Waals surface area (Å²) in [5, 5.41) is 57.0. The van der Waals surface area contributed by atoms with Crippen molar-refractivity contribution in [2.75, 3.05) is 13.2 Å². The maximum Gasteiger partial charge on any atom is 0.306 e. The normalized spacial score (nSPS) is 19.2. The summed E-state index contributed by atoms with van der Waals surface area (Å²) < 4.78 is 17.6. The van der Waals surface area contributed by atoms with E-state index in [4.69, 9.17) is 14.2 Å². The predicted molar refractivity (Wildman–Crippen MR) is 338 cm³/mol. The van der Waals surface area contributed by atoms with Gasteiger partial charge >= 0.3 is 5.97 Å². The molecule has 0 aromatic carbocycles. The number of allylic oxidation sites excluding steroid dienone is 13. The molecule has 0 saturated carbocycles. The van der Waals surface area contributed by atoms with Gasteiger partial charge in [0.05, 0.1) is 25.4 Å². The van der Waals surface area contributed by atoms with Crippen molar-refractivity contribution < 1.29 is 49.3 Å². The van der Waals surface area contributed by atoms with Gasteiger partial charge in [-0.3, -0.25) is 9.59 Å². The zero-order valence-electron chi connectivity index (χ0n) is 51.9. The lowest BCUT2D eigenvalue weighted by Crippen LogP contribution is -2.61. The summed E-state index contributed by atoms with van der Waals surface area (Å²) in [7, 11) is 0. The second-order valence-corrected chi connectivity index (χ2v) is 22.9. The third kappa shape index (κ3) is 45.0. The number of hydrogen-bond acceptors (Lipinski definition) is 10. The third-order valence-electron chi connectivity index (χ3n) is 15.3. The van der Waals surface area contributed by atoms with Crippen LogP contribution in [0.5, 0.6) is 0 Å². The lowest BCUT2D eigenvalue weighted by molar-refractivity contribution is -0.305. The average molecular weight is 1140 g/mol. The highest BCUT2D eigenvalue weighted by Gasteiger charge is 2.47. The smallest absolute Gasteiger partial charge is 0.306 e. The first-order chi connectivity index (χ1) is 39.7. The molecule has 1 heterocycles. The van der Waals surface area contributed by atoms with Gasteiger partial charge in [-0.15, -0.1) is 0 Å². The van der Waals surface area contributed by atoms with Gasteiger partial charge in [0.2, 0.25) is 5.91 Å². The predicted octanol–water partition coefficient (Wildman–Crippen LogP) is 16.5. The summed E-state index contributed by atoms with van der Waals surface area (Å²) in [5.74, 6) is -1.21. The molecule has 1 saturated heterocycles. The molecule has 1 amide bonds. The topological polar surface area (TPSA) is 175 Å². The molecule has 468 valence electrons. The molecule has 11 heteroatoms. The van der Waals surface area contributed by atoms with E-state index in [1.165, 1.54) is 128 Å². The molecular formula is C70H123NO10. The number of carbonyl (C=O) groups is 2. The number of aliphatic hydroxyl groups excluding tert-OH is 5. The van der Waals surface area contributed by atoms with Gasteiger partial charge in [-0.1, -0.05) is 266 Å². The van der Waals surface area contributed by atoms with Gasteiger partial charge in [-0.2, -0.15) is 0 Å². The Morgan fingerprint density at radius 2 is 0.889 bits per heavy atom. The standard InChI is InChI=1S/C70H123NO10/c1-4-7-10-13-16-19-22-24-26-27-28-29-30-31-32-33-34-35-36-38-39-42-45-48-51-54-57-63(74)69(78)71-61(62(73)56-53-50-47-44-41-21-18-15-12-9-6-3)60-79-70-68(67(77)66(76)64(59-72)80-70)81-65(75)58-55-52-49-46-43-40-37-25-23-20-17-14-11-8-5-2/h16-17,19-20,23-26,28-29,31-32,53,56,61-64,66-68,70,72-74,76-77H,4-15,18,21-22,27,30,33-52,54-55,57-60H2,1-3H3,(H,71,78)/b19-16-,20-17+,25-23+,26-24-,29-28-,32-31-,56-53+. The lowest BCUT2D eigenvalue weighted by Gasteiger charge is -2.41. The third-order valence-corrected chi connectivity index (χ3v) is 15.3. The molecule has 0 aromatic heterocycles. The van der Waals surface area contributed by atoms with E-state index in [0.29, 0.717) is 12.8 Å². The molecule has 0 aliphatic carbocycles. The summed E-state index contributed by atoms with van der Waals surface area (Å²) >= 11 is 0. The van der Waals surface area contributed by atoms with E-state index in [9.17, 15) is 35.1 Å². The Bertz CT molecular complexity index is 1640. The fourth-order valence-electron chi connectivity index (χ4n) is 9.98. The number of rotatable bonds is 56. The summed E-state index contributed by atoms with van der Waals surface area (Å²) in [5.41, 5.74) is 0. The van der Waals surface area contributed by atoms with Crippen molar-refractivity contribution in [2.45, 2.75) is 333 Å². The van der Waals surface area contributed by atoms with E-state index in [1.807, 2.05) is 6.08 Å². The van der Waals surface area contributed by atoms with Crippen LogP contribution in [0.3, 0.4) is 0 Å². The van der Waals surface area contributed by atoms with Crippen LogP contribution in [-0.4, -0.2) is 99.6 Å². The van der Waals surface area contributed by atoms with Crippen LogP contribution in [0.15, 0.2) is 85.1 Å². The van der Waals surface area contributed by atoms with Gasteiger partial charge in [0.25, 0.3) is 0 Å². The van der Waals surface area contributed by atoms with Crippen LogP contribution in [0.4, 0.5) is 0 Å². The first-order valence-corrected chi connectivity index (χ1v) is 33.4. The number of esters is 1. The number of amides is 1. The van der Waals surface area contributed by atoms with Crippen molar-refractivity contribution in [1.82, 2.24) is 5.32 Å². The lowest BCUT2D eigenvalue weighted by atomic mass is 9.99. The number of nitrogens with one attached hydrogen (secondary N) is 1. The van der Waals surface area contributed by atoms with E-state index in [1.54, 1.807) is 6.08 Å². The second-order valence-electron chi connectivity index (χ2n) is 22.9. The van der Waals surface area contributed by atoms with Gasteiger partial charge in [0.15, 0.2) is 12.4 Å². The average Bonchev–Trinajstić information content (AvgIpc) is 3.51. The van der Waals surface area contributed by atoms with Crippen molar-refractivity contribution in [2.24, 2.45) is 0 Å². The van der Waals surface area contributed by atoms with Crippen molar-refractivity contribution in [3.63, 3.8) is 0 Å². The van der Waals surface area contributed by atoms with Crippen molar-refractivity contribution >= 4 is 11.9 Å². The molecule has 11 nitrogen and oxygen atoms in total. The Balaban J connectivity index is 2.59. The highest BCUT2D eigenvalue weighted by atomic mass is 16.7. The monoisotopic (exact) mass is 1140 g/mol. The van der Waals surface area contributed by atoms with E-state index in [0.717, 1.165) is 109 Å². The van der Waals surface area contributed by atoms with Crippen molar-refractivity contribution in [3.05, 3.63) is 85.1 Å². The Hall–Kier alpha value is -3.16. The molecule has 1 rings (SSSR count). The minimum Gasteiger partial charge on any atom is -0.454 e. The number of unbranched alkanes of at least 4 members (excludes halogenated alkanes) is 31. The number of carbonyl (C=O) groups excluding carboxylic acids is 2. The molecule has 8 unspecified atom stereocenters. The summed E-state index contributed by atoms with van der Waals surface area (Å²) in [6.07, 6.45) is 64.8. The molecule has 1 aliphatic heterocycles. The molecule has 0 spiro atoms. The quantitative estimate of drug-likeness (QED) is 0.0149.